The molecule has 3 aliphatic rings. The molecule has 5 atom stereocenters. The highest BCUT2D eigenvalue weighted by atomic mass is 16.5. The average Bonchev–Trinajstić information content (AvgIpc) is 3.50. The van der Waals surface area contributed by atoms with Crippen LogP contribution in [-0.2, 0) is 25.7 Å². The summed E-state index contributed by atoms with van der Waals surface area (Å²) >= 11 is 0. The van der Waals surface area contributed by atoms with Crippen LogP contribution in [0.4, 0.5) is 0 Å². The molecule has 9 heteroatoms. The van der Waals surface area contributed by atoms with E-state index in [-0.39, 0.29) is 37.0 Å². The maximum atomic E-state index is 13.8. The zero-order chi connectivity index (χ0) is 27.4. The van der Waals surface area contributed by atoms with Crippen LogP contribution >= 0.6 is 0 Å². The van der Waals surface area contributed by atoms with Crippen LogP contribution < -0.4 is 16.0 Å². The van der Waals surface area contributed by atoms with Crippen LogP contribution in [0.15, 0.2) is 35.0 Å². The summed E-state index contributed by atoms with van der Waals surface area (Å²) in [4.78, 5) is 44.2. The van der Waals surface area contributed by atoms with E-state index < -0.39 is 35.4 Å². The monoisotopic (exact) mass is 524 g/mol. The molecular formula is C29H40N4O5. The minimum absolute atomic E-state index is 0.204. The number of aliphatic hydroxyl groups excluding tert-OH is 1. The van der Waals surface area contributed by atoms with Crippen molar-refractivity contribution in [3.05, 3.63) is 41.1 Å². The molecule has 206 valence electrons. The van der Waals surface area contributed by atoms with Gasteiger partial charge >= 0.3 is 0 Å². The summed E-state index contributed by atoms with van der Waals surface area (Å²) in [6, 6.07) is 6.70. The van der Waals surface area contributed by atoms with Gasteiger partial charge in [0.1, 0.15) is 6.04 Å². The number of amides is 2. The molecule has 1 unspecified atom stereocenters. The molecule has 38 heavy (non-hydrogen) atoms. The third kappa shape index (κ3) is 6.57. The molecule has 1 aliphatic carbocycles. The molecule has 1 saturated carbocycles. The third-order valence-electron chi connectivity index (χ3n) is 7.70. The summed E-state index contributed by atoms with van der Waals surface area (Å²) in [5.41, 5.74) is 3.72. The molecule has 0 radical (unpaired) electrons. The number of morpholine rings is 1. The Morgan fingerprint density at radius 3 is 2.45 bits per heavy atom. The van der Waals surface area contributed by atoms with Gasteiger partial charge in [0.25, 0.3) is 0 Å². The van der Waals surface area contributed by atoms with Crippen molar-refractivity contribution in [2.45, 2.75) is 71.7 Å². The number of benzene rings is 1. The highest BCUT2D eigenvalue weighted by Gasteiger charge is 2.47. The maximum Gasteiger partial charge on any atom is 0.240 e. The first-order valence-electron chi connectivity index (χ1n) is 13.5. The predicted octanol–water partition coefficient (Wildman–Crippen LogP) is 1.98. The first-order valence-corrected chi connectivity index (χ1v) is 13.5. The van der Waals surface area contributed by atoms with Crippen LogP contribution in [0.2, 0.25) is 0 Å². The van der Waals surface area contributed by atoms with Crippen molar-refractivity contribution in [3.63, 3.8) is 0 Å². The molecular weight excluding hydrogens is 484 g/mol. The number of aliphatic hydroxyl groups is 1. The second kappa shape index (κ2) is 11.9. The number of carbonyl (C=O) groups excluding carboxylic acids is 3. The van der Waals surface area contributed by atoms with Crippen molar-refractivity contribution < 1.29 is 24.2 Å². The van der Waals surface area contributed by atoms with Gasteiger partial charge < -0.3 is 25.8 Å². The summed E-state index contributed by atoms with van der Waals surface area (Å²) in [6.07, 6.45) is 2.41. The Balaban J connectivity index is 1.40. The van der Waals surface area contributed by atoms with Crippen LogP contribution in [-0.4, -0.2) is 66.9 Å². The number of ketones is 1. The Bertz CT molecular complexity index is 1100. The number of hydrogen-bond acceptors (Lipinski definition) is 7. The van der Waals surface area contributed by atoms with Gasteiger partial charge in [-0.1, -0.05) is 45.0 Å². The summed E-state index contributed by atoms with van der Waals surface area (Å²) < 4.78 is 5.39. The van der Waals surface area contributed by atoms with Crippen molar-refractivity contribution in [3.8, 4) is 0 Å². The van der Waals surface area contributed by atoms with Crippen LogP contribution in [0.3, 0.4) is 0 Å². The van der Waals surface area contributed by atoms with Crippen LogP contribution in [0.25, 0.3) is 5.57 Å². The van der Waals surface area contributed by atoms with Gasteiger partial charge in [-0.3, -0.25) is 19.4 Å². The Morgan fingerprint density at radius 2 is 1.84 bits per heavy atom. The normalized spacial score (nSPS) is 26.3. The standard InChI is InChI=1S/C29H40N4O5/c1-17-21(9-10-30-17)19-7-5-18(6-8-19)15-32-27(36)23-14-20(34)13-22(23)25(35)26(29(2,3)4)33-28(37)24-16-38-12-11-31-24/h5-8,10,20,22-24,26,31,34H,9,11-16H2,1-4H3,(H,32,36)(H,33,37)/t20-,22?,23+,24-,26+/m0/s1. The molecule has 1 aromatic carbocycles. The van der Waals surface area contributed by atoms with E-state index in [1.807, 2.05) is 58.2 Å². The quantitative estimate of drug-likeness (QED) is 0.412. The van der Waals surface area contributed by atoms with E-state index in [9.17, 15) is 19.5 Å². The molecule has 1 saturated heterocycles. The molecule has 2 amide bonds. The first-order chi connectivity index (χ1) is 18.0. The summed E-state index contributed by atoms with van der Waals surface area (Å²) in [6.45, 7) is 9.35. The molecule has 2 fully saturated rings. The zero-order valence-electron chi connectivity index (χ0n) is 22.8. The fourth-order valence-corrected chi connectivity index (χ4v) is 5.49. The van der Waals surface area contributed by atoms with E-state index in [2.05, 4.69) is 20.9 Å². The van der Waals surface area contributed by atoms with E-state index in [1.54, 1.807) is 0 Å². The summed E-state index contributed by atoms with van der Waals surface area (Å²) in [5.74, 6) is -2.10. The van der Waals surface area contributed by atoms with Crippen molar-refractivity contribution in [1.29, 1.82) is 0 Å². The van der Waals surface area contributed by atoms with Gasteiger partial charge in [0.2, 0.25) is 11.8 Å². The van der Waals surface area contributed by atoms with Crippen LogP contribution in [0.1, 0.15) is 58.1 Å². The van der Waals surface area contributed by atoms with E-state index in [4.69, 9.17) is 4.74 Å². The number of ether oxygens (including phenoxy) is 1. The molecule has 2 heterocycles. The molecule has 0 aromatic heterocycles. The predicted molar refractivity (Wildman–Crippen MR) is 145 cm³/mol. The van der Waals surface area contributed by atoms with Gasteiger partial charge in [0.05, 0.1) is 31.3 Å². The molecule has 1 aromatic rings. The van der Waals surface area contributed by atoms with E-state index in [0.717, 1.165) is 23.2 Å². The summed E-state index contributed by atoms with van der Waals surface area (Å²) in [7, 11) is 0. The Labute approximate surface area is 224 Å². The molecule has 4 rings (SSSR count). The van der Waals surface area contributed by atoms with E-state index >= 15 is 0 Å². The van der Waals surface area contributed by atoms with Gasteiger partial charge in [0, 0.05) is 37.3 Å². The fraction of sp³-hybridized carbons (Fsp3) is 0.586. The highest BCUT2D eigenvalue weighted by molar-refractivity contribution is 5.96. The number of nitrogens with zero attached hydrogens (tertiary/aromatic N) is 1. The molecule has 4 N–H and O–H groups in total. The zero-order valence-corrected chi connectivity index (χ0v) is 22.8. The second-order valence-corrected chi connectivity index (χ2v) is 11.6. The van der Waals surface area contributed by atoms with Crippen molar-refractivity contribution in [1.82, 2.24) is 16.0 Å². The third-order valence-corrected chi connectivity index (χ3v) is 7.70. The first kappa shape index (κ1) is 28.1. The fourth-order valence-electron chi connectivity index (χ4n) is 5.49. The number of carbonyl (C=O) groups is 3. The number of Topliss-reactive ketones (excluding diaryl/α,β-unsaturated/α-hetero) is 1. The topological polar surface area (TPSA) is 129 Å². The molecule has 2 aliphatic heterocycles. The van der Waals surface area contributed by atoms with Gasteiger partial charge in [-0.2, -0.15) is 0 Å². The number of aliphatic imine (C=N–C) groups is 1. The van der Waals surface area contributed by atoms with Gasteiger partial charge in [0.15, 0.2) is 5.78 Å². The van der Waals surface area contributed by atoms with Crippen LogP contribution in [0, 0.1) is 17.3 Å². The smallest absolute Gasteiger partial charge is 0.240 e. The lowest BCUT2D eigenvalue weighted by Crippen LogP contribution is -2.58. The molecule has 0 bridgehead atoms. The SMILES string of the molecule is CC1=C(c2ccc(CNC(=O)[C@@H]3C[C@@H](O)CC3C(=O)[C@@H](NC(=O)[C@@H]3COCCN3)C(C)(C)C)cc2)CC=N1. The number of hydrogen-bond donors (Lipinski definition) is 4. The molecule has 9 nitrogen and oxygen atoms in total. The van der Waals surface area contributed by atoms with E-state index in [1.165, 1.54) is 5.57 Å². The number of allylic oxidation sites excluding steroid dienone is 2. The van der Waals surface area contributed by atoms with Gasteiger partial charge in [-0.15, -0.1) is 0 Å². The Hall–Kier alpha value is -2.88. The lowest BCUT2D eigenvalue weighted by Gasteiger charge is -2.35. The Morgan fingerprint density at radius 1 is 1.13 bits per heavy atom. The lowest BCUT2D eigenvalue weighted by molar-refractivity contribution is -0.138. The van der Waals surface area contributed by atoms with Crippen LogP contribution in [0.5, 0.6) is 0 Å². The largest absolute Gasteiger partial charge is 0.393 e. The van der Waals surface area contributed by atoms with Crippen molar-refractivity contribution in [2.24, 2.45) is 22.2 Å². The number of nitrogens with one attached hydrogen (secondary N) is 3. The number of rotatable bonds is 8. The second-order valence-electron chi connectivity index (χ2n) is 11.6. The maximum absolute atomic E-state index is 13.8. The van der Waals surface area contributed by atoms with Crippen molar-refractivity contribution in [2.75, 3.05) is 19.8 Å². The van der Waals surface area contributed by atoms with Gasteiger partial charge in [-0.25, -0.2) is 0 Å². The minimum Gasteiger partial charge on any atom is -0.393 e. The summed E-state index contributed by atoms with van der Waals surface area (Å²) in [5, 5.41) is 19.4. The highest BCUT2D eigenvalue weighted by Crippen LogP contribution is 2.36. The van der Waals surface area contributed by atoms with Crippen molar-refractivity contribution >= 4 is 29.4 Å². The van der Waals surface area contributed by atoms with E-state index in [0.29, 0.717) is 19.7 Å². The Kier molecular flexibility index (Phi) is 8.80. The average molecular weight is 525 g/mol. The minimum atomic E-state index is -0.797. The molecule has 0 spiro atoms. The van der Waals surface area contributed by atoms with Gasteiger partial charge in [-0.05, 0) is 41.9 Å². The lowest BCUT2D eigenvalue weighted by atomic mass is 9.77.